The zero-order valence-corrected chi connectivity index (χ0v) is 14.9. The lowest BCUT2D eigenvalue weighted by Gasteiger charge is -2.18. The van der Waals surface area contributed by atoms with E-state index in [1.54, 1.807) is 7.11 Å². The van der Waals surface area contributed by atoms with Crippen LogP contribution in [0, 0.1) is 6.92 Å². The van der Waals surface area contributed by atoms with Gasteiger partial charge in [0.2, 0.25) is 0 Å². The number of hydrogen-bond acceptors (Lipinski definition) is 3. The fourth-order valence-electron chi connectivity index (χ4n) is 3.30. The minimum absolute atomic E-state index is 0.231. The molecule has 0 saturated heterocycles. The Morgan fingerprint density at radius 3 is 2.48 bits per heavy atom. The van der Waals surface area contributed by atoms with Crippen LogP contribution in [-0.2, 0) is 0 Å². The number of hydrogen-bond donors (Lipinski definition) is 0. The summed E-state index contributed by atoms with van der Waals surface area (Å²) in [7, 11) is 1.67. The summed E-state index contributed by atoms with van der Waals surface area (Å²) in [6.45, 7) is 1.88. The summed E-state index contributed by atoms with van der Waals surface area (Å²) in [5.74, 6) is 1.76. The van der Waals surface area contributed by atoms with Crippen molar-refractivity contribution in [3.8, 4) is 5.75 Å². The smallest absolute Gasteiger partial charge is 0.192 e. The van der Waals surface area contributed by atoms with Gasteiger partial charge in [0.15, 0.2) is 11.3 Å². The Morgan fingerprint density at radius 1 is 1.08 bits per heavy atom. The number of nitrogens with zero attached hydrogens (tertiary/aromatic N) is 1. The van der Waals surface area contributed by atoms with Gasteiger partial charge >= 0.3 is 0 Å². The standard InChI is InChI=1S/C21H18ClNO2/c1-13-23-21-19(15-5-9-18(24-2)10-6-15)11-16(12-20(21)25-13)14-3-7-17(22)8-4-14/h3-10,12,16H,11H2,1-2H3. The molecule has 1 atom stereocenters. The molecule has 1 aliphatic rings. The maximum Gasteiger partial charge on any atom is 0.192 e. The van der Waals surface area contributed by atoms with Gasteiger partial charge < -0.3 is 9.15 Å². The molecule has 0 spiro atoms. The number of aryl methyl sites for hydroxylation is 1. The average molecular weight is 352 g/mol. The van der Waals surface area contributed by atoms with Crippen LogP contribution in [0.15, 0.2) is 52.9 Å². The summed E-state index contributed by atoms with van der Waals surface area (Å²) < 4.78 is 11.1. The van der Waals surface area contributed by atoms with Crippen LogP contribution in [0.2, 0.25) is 5.02 Å². The van der Waals surface area contributed by atoms with Gasteiger partial charge in [-0.05, 0) is 53.5 Å². The number of rotatable bonds is 3. The summed E-state index contributed by atoms with van der Waals surface area (Å²) in [6.07, 6.45) is 3.03. The van der Waals surface area contributed by atoms with Crippen LogP contribution in [0.25, 0.3) is 11.6 Å². The van der Waals surface area contributed by atoms with Crippen molar-refractivity contribution >= 4 is 23.3 Å². The zero-order valence-electron chi connectivity index (χ0n) is 14.1. The molecule has 0 amide bonds. The Labute approximate surface area is 151 Å². The predicted octanol–water partition coefficient (Wildman–Crippen LogP) is 3.81. The van der Waals surface area contributed by atoms with E-state index in [9.17, 15) is 0 Å². The van der Waals surface area contributed by atoms with E-state index >= 15 is 0 Å². The first-order valence-corrected chi connectivity index (χ1v) is 8.60. The van der Waals surface area contributed by atoms with Gasteiger partial charge in [-0.15, -0.1) is 0 Å². The Bertz CT molecular complexity index is 1020. The lowest BCUT2D eigenvalue weighted by Crippen LogP contribution is -2.30. The Kier molecular flexibility index (Phi) is 4.10. The van der Waals surface area contributed by atoms with Gasteiger partial charge in [-0.25, -0.2) is 4.98 Å². The Morgan fingerprint density at radius 2 is 1.80 bits per heavy atom. The highest BCUT2D eigenvalue weighted by Gasteiger charge is 2.20. The van der Waals surface area contributed by atoms with E-state index in [1.165, 1.54) is 11.1 Å². The van der Waals surface area contributed by atoms with Crippen molar-refractivity contribution < 1.29 is 9.15 Å². The van der Waals surface area contributed by atoms with Crippen molar-refractivity contribution in [2.45, 2.75) is 19.3 Å². The van der Waals surface area contributed by atoms with E-state index in [0.29, 0.717) is 5.89 Å². The van der Waals surface area contributed by atoms with Gasteiger partial charge in [0, 0.05) is 17.9 Å². The van der Waals surface area contributed by atoms with E-state index in [0.717, 1.165) is 33.5 Å². The molecule has 25 heavy (non-hydrogen) atoms. The molecule has 0 saturated carbocycles. The third-order valence-electron chi connectivity index (χ3n) is 4.56. The number of ether oxygens (including phenoxy) is 1. The van der Waals surface area contributed by atoms with Crippen molar-refractivity contribution in [1.29, 1.82) is 0 Å². The SMILES string of the molecule is COc1ccc(C2=c3nc(C)oc3=CC(c3ccc(Cl)cc3)C2)cc1. The van der Waals surface area contributed by atoms with Gasteiger partial charge in [0.25, 0.3) is 0 Å². The van der Waals surface area contributed by atoms with Gasteiger partial charge in [-0.3, -0.25) is 0 Å². The minimum Gasteiger partial charge on any atom is -0.497 e. The van der Waals surface area contributed by atoms with Crippen LogP contribution >= 0.6 is 11.6 Å². The van der Waals surface area contributed by atoms with Crippen LogP contribution in [0.1, 0.15) is 29.4 Å². The summed E-state index contributed by atoms with van der Waals surface area (Å²) in [5, 5.41) is 1.68. The first kappa shape index (κ1) is 16.0. The number of fused-ring (bicyclic) bond motifs is 1. The molecule has 1 aromatic heterocycles. The summed E-state index contributed by atoms with van der Waals surface area (Å²) in [6, 6.07) is 16.1. The summed E-state index contributed by atoms with van der Waals surface area (Å²) in [5.41, 5.74) is 4.39. The van der Waals surface area contributed by atoms with Crippen LogP contribution < -0.4 is 15.5 Å². The van der Waals surface area contributed by atoms with E-state index in [-0.39, 0.29) is 5.92 Å². The maximum atomic E-state index is 6.03. The Balaban J connectivity index is 1.84. The van der Waals surface area contributed by atoms with E-state index < -0.39 is 0 Å². The fourth-order valence-corrected chi connectivity index (χ4v) is 3.43. The summed E-state index contributed by atoms with van der Waals surface area (Å²) >= 11 is 6.03. The minimum atomic E-state index is 0.231. The second kappa shape index (κ2) is 6.41. The molecular weight excluding hydrogens is 334 g/mol. The fraction of sp³-hybridized carbons (Fsp3) is 0.190. The molecule has 4 heteroatoms. The molecular formula is C21H18ClNO2. The number of halogens is 1. The molecule has 3 aromatic rings. The van der Waals surface area contributed by atoms with Crippen molar-refractivity contribution in [3.05, 3.63) is 81.3 Å². The number of oxazole rings is 1. The molecule has 3 nitrogen and oxygen atoms in total. The van der Waals surface area contributed by atoms with Crippen molar-refractivity contribution in [1.82, 2.24) is 4.98 Å². The maximum absolute atomic E-state index is 6.03. The average Bonchev–Trinajstić information content (AvgIpc) is 3.01. The molecule has 2 aromatic carbocycles. The topological polar surface area (TPSA) is 35.3 Å². The van der Waals surface area contributed by atoms with Crippen molar-refractivity contribution in [2.24, 2.45) is 0 Å². The zero-order chi connectivity index (χ0) is 17.4. The van der Waals surface area contributed by atoms with E-state index in [1.807, 2.05) is 31.2 Å². The largest absolute Gasteiger partial charge is 0.497 e. The monoisotopic (exact) mass is 351 g/mol. The highest BCUT2D eigenvalue weighted by Crippen LogP contribution is 2.31. The third-order valence-corrected chi connectivity index (χ3v) is 4.81. The van der Waals surface area contributed by atoms with E-state index in [2.05, 4.69) is 35.3 Å². The second-order valence-corrected chi connectivity index (χ2v) is 6.62. The van der Waals surface area contributed by atoms with Gasteiger partial charge in [-0.1, -0.05) is 35.9 Å². The van der Waals surface area contributed by atoms with Gasteiger partial charge in [0.1, 0.15) is 11.1 Å². The molecule has 1 heterocycles. The molecule has 126 valence electrons. The molecule has 0 radical (unpaired) electrons. The van der Waals surface area contributed by atoms with Crippen LogP contribution in [0.4, 0.5) is 0 Å². The predicted molar refractivity (Wildman–Crippen MR) is 99.3 cm³/mol. The lowest BCUT2D eigenvalue weighted by molar-refractivity contribution is 0.415. The van der Waals surface area contributed by atoms with Crippen LogP contribution in [-0.4, -0.2) is 12.1 Å². The molecule has 1 unspecified atom stereocenters. The van der Waals surface area contributed by atoms with Crippen molar-refractivity contribution in [2.75, 3.05) is 7.11 Å². The van der Waals surface area contributed by atoms with Crippen LogP contribution in [0.5, 0.6) is 5.75 Å². The highest BCUT2D eigenvalue weighted by atomic mass is 35.5. The van der Waals surface area contributed by atoms with E-state index in [4.69, 9.17) is 20.8 Å². The number of benzene rings is 2. The quantitative estimate of drug-likeness (QED) is 0.719. The summed E-state index contributed by atoms with van der Waals surface area (Å²) in [4.78, 5) is 4.61. The molecule has 0 bridgehead atoms. The molecule has 0 N–H and O–H groups in total. The second-order valence-electron chi connectivity index (χ2n) is 6.18. The molecule has 4 rings (SSSR count). The highest BCUT2D eigenvalue weighted by molar-refractivity contribution is 6.30. The number of methoxy groups -OCH3 is 1. The van der Waals surface area contributed by atoms with Crippen LogP contribution in [0.3, 0.4) is 0 Å². The molecule has 0 aliphatic heterocycles. The Hall–Kier alpha value is -2.52. The third kappa shape index (κ3) is 3.08. The normalized spacial score (nSPS) is 16.3. The van der Waals surface area contributed by atoms with Gasteiger partial charge in [-0.2, -0.15) is 0 Å². The molecule has 0 fully saturated rings. The first-order chi connectivity index (χ1) is 12.1. The number of aromatic nitrogens is 1. The molecule has 1 aliphatic carbocycles. The first-order valence-electron chi connectivity index (χ1n) is 8.22. The van der Waals surface area contributed by atoms with Gasteiger partial charge in [0.05, 0.1) is 7.11 Å². The van der Waals surface area contributed by atoms with Crippen molar-refractivity contribution in [3.63, 3.8) is 0 Å². The lowest BCUT2D eigenvalue weighted by atomic mass is 9.86.